The van der Waals surface area contributed by atoms with E-state index < -0.39 is 0 Å². The Morgan fingerprint density at radius 2 is 1.90 bits per heavy atom. The van der Waals surface area contributed by atoms with Crippen molar-refractivity contribution in [2.24, 2.45) is 5.92 Å². The summed E-state index contributed by atoms with van der Waals surface area (Å²) in [7, 11) is 0. The third-order valence-corrected chi connectivity index (χ3v) is 2.95. The summed E-state index contributed by atoms with van der Waals surface area (Å²) in [5, 5.41) is 5.69. The van der Waals surface area contributed by atoms with E-state index in [2.05, 4.69) is 30.4 Å². The average Bonchev–Trinajstić information content (AvgIpc) is 2.46. The standard InChI is InChI=1S/C17H24N2O2/c1-4-13-21-16-7-5-15(6-8-16)10-12-19-17(20)18-11-9-14(2)3/h1,5-8,14H,9-13H2,2-3H3,(H2,18,19,20). The van der Waals surface area contributed by atoms with Crippen molar-refractivity contribution in [3.8, 4) is 18.1 Å². The Balaban J connectivity index is 2.20. The van der Waals surface area contributed by atoms with E-state index in [0.29, 0.717) is 19.0 Å². The number of hydrogen-bond acceptors (Lipinski definition) is 2. The van der Waals surface area contributed by atoms with Crippen LogP contribution < -0.4 is 15.4 Å². The monoisotopic (exact) mass is 288 g/mol. The molecule has 1 aromatic rings. The summed E-state index contributed by atoms with van der Waals surface area (Å²) in [5.74, 6) is 3.78. The molecule has 2 amide bonds. The average molecular weight is 288 g/mol. The first-order chi connectivity index (χ1) is 10.1. The molecule has 0 heterocycles. The van der Waals surface area contributed by atoms with Gasteiger partial charge in [0.05, 0.1) is 0 Å². The van der Waals surface area contributed by atoms with Crippen molar-refractivity contribution in [1.82, 2.24) is 10.6 Å². The quantitative estimate of drug-likeness (QED) is 0.722. The van der Waals surface area contributed by atoms with E-state index in [1.807, 2.05) is 24.3 Å². The Kier molecular flexibility index (Phi) is 7.81. The molecule has 0 saturated carbocycles. The molecular weight excluding hydrogens is 264 g/mol. The van der Waals surface area contributed by atoms with E-state index in [1.165, 1.54) is 0 Å². The van der Waals surface area contributed by atoms with Gasteiger partial charge in [-0.3, -0.25) is 0 Å². The van der Waals surface area contributed by atoms with Crippen molar-refractivity contribution in [2.45, 2.75) is 26.7 Å². The van der Waals surface area contributed by atoms with E-state index in [-0.39, 0.29) is 12.6 Å². The highest BCUT2D eigenvalue weighted by Crippen LogP contribution is 2.12. The van der Waals surface area contributed by atoms with Crippen molar-refractivity contribution in [2.75, 3.05) is 19.7 Å². The highest BCUT2D eigenvalue weighted by Gasteiger charge is 2.01. The van der Waals surface area contributed by atoms with Gasteiger partial charge in [-0.15, -0.1) is 6.42 Å². The van der Waals surface area contributed by atoms with E-state index in [0.717, 1.165) is 24.2 Å². The van der Waals surface area contributed by atoms with Gasteiger partial charge in [0, 0.05) is 13.1 Å². The number of benzene rings is 1. The van der Waals surface area contributed by atoms with Gasteiger partial charge in [0.25, 0.3) is 0 Å². The molecule has 0 radical (unpaired) electrons. The second kappa shape index (κ2) is 9.71. The van der Waals surface area contributed by atoms with Gasteiger partial charge in [-0.2, -0.15) is 0 Å². The third-order valence-electron chi connectivity index (χ3n) is 2.95. The molecule has 114 valence electrons. The number of carbonyl (C=O) groups excluding carboxylic acids is 1. The molecule has 0 aliphatic heterocycles. The predicted molar refractivity (Wildman–Crippen MR) is 85.3 cm³/mol. The molecule has 0 atom stereocenters. The van der Waals surface area contributed by atoms with Crippen LogP contribution in [-0.4, -0.2) is 25.7 Å². The number of ether oxygens (including phenoxy) is 1. The Labute approximate surface area is 127 Å². The zero-order valence-electron chi connectivity index (χ0n) is 12.8. The lowest BCUT2D eigenvalue weighted by molar-refractivity contribution is 0.240. The normalized spacial score (nSPS) is 10.0. The van der Waals surface area contributed by atoms with Gasteiger partial charge >= 0.3 is 6.03 Å². The molecule has 0 unspecified atom stereocenters. The van der Waals surface area contributed by atoms with E-state index >= 15 is 0 Å². The van der Waals surface area contributed by atoms with Crippen LogP contribution in [0, 0.1) is 18.3 Å². The number of urea groups is 1. The molecule has 1 rings (SSSR count). The van der Waals surface area contributed by atoms with Crippen LogP contribution in [0.15, 0.2) is 24.3 Å². The molecule has 0 aromatic heterocycles. The highest BCUT2D eigenvalue weighted by molar-refractivity contribution is 5.73. The maximum Gasteiger partial charge on any atom is 0.314 e. The van der Waals surface area contributed by atoms with Gasteiger partial charge in [-0.1, -0.05) is 31.9 Å². The molecule has 21 heavy (non-hydrogen) atoms. The molecule has 0 spiro atoms. The Hall–Kier alpha value is -2.15. The molecule has 0 fully saturated rings. The fraction of sp³-hybridized carbons (Fsp3) is 0.471. The molecule has 4 heteroatoms. The summed E-state index contributed by atoms with van der Waals surface area (Å²) in [6.45, 7) is 5.87. The van der Waals surface area contributed by atoms with Gasteiger partial charge < -0.3 is 15.4 Å². The largest absolute Gasteiger partial charge is 0.481 e. The summed E-state index contributed by atoms with van der Waals surface area (Å²) in [6, 6.07) is 7.61. The molecule has 2 N–H and O–H groups in total. The molecule has 0 aliphatic rings. The van der Waals surface area contributed by atoms with Crippen LogP contribution in [-0.2, 0) is 6.42 Å². The lowest BCUT2D eigenvalue weighted by atomic mass is 10.1. The molecule has 4 nitrogen and oxygen atoms in total. The van der Waals surface area contributed by atoms with Crippen LogP contribution in [0.4, 0.5) is 4.79 Å². The molecular formula is C17H24N2O2. The zero-order chi connectivity index (χ0) is 15.5. The summed E-state index contributed by atoms with van der Waals surface area (Å²) < 4.78 is 5.30. The van der Waals surface area contributed by atoms with Crippen molar-refractivity contribution in [3.63, 3.8) is 0 Å². The molecule has 1 aromatic carbocycles. The Bertz CT molecular complexity index is 461. The van der Waals surface area contributed by atoms with Crippen molar-refractivity contribution < 1.29 is 9.53 Å². The predicted octanol–water partition coefficient (Wildman–Crippen LogP) is 2.59. The molecule has 0 aliphatic carbocycles. The van der Waals surface area contributed by atoms with Gasteiger partial charge in [-0.05, 0) is 36.5 Å². The molecule has 0 bridgehead atoms. The fourth-order valence-corrected chi connectivity index (χ4v) is 1.73. The SMILES string of the molecule is C#CCOc1ccc(CCNC(=O)NCCC(C)C)cc1. The van der Waals surface area contributed by atoms with Crippen LogP contribution in [0.5, 0.6) is 5.75 Å². The lowest BCUT2D eigenvalue weighted by Gasteiger charge is -2.09. The molecule has 0 saturated heterocycles. The lowest BCUT2D eigenvalue weighted by Crippen LogP contribution is -2.37. The van der Waals surface area contributed by atoms with Crippen LogP contribution in [0.1, 0.15) is 25.8 Å². The number of rotatable bonds is 8. The van der Waals surface area contributed by atoms with Crippen molar-refractivity contribution >= 4 is 6.03 Å². The van der Waals surface area contributed by atoms with Crippen LogP contribution in [0.3, 0.4) is 0 Å². The smallest absolute Gasteiger partial charge is 0.314 e. The van der Waals surface area contributed by atoms with E-state index in [4.69, 9.17) is 11.2 Å². The highest BCUT2D eigenvalue weighted by atomic mass is 16.5. The fourth-order valence-electron chi connectivity index (χ4n) is 1.73. The van der Waals surface area contributed by atoms with Gasteiger partial charge in [0.2, 0.25) is 0 Å². The Morgan fingerprint density at radius 3 is 2.52 bits per heavy atom. The number of amides is 2. The number of carbonyl (C=O) groups is 1. The summed E-state index contributed by atoms with van der Waals surface area (Å²) in [4.78, 5) is 11.5. The van der Waals surface area contributed by atoms with Crippen molar-refractivity contribution in [3.05, 3.63) is 29.8 Å². The van der Waals surface area contributed by atoms with E-state index in [1.54, 1.807) is 0 Å². The van der Waals surface area contributed by atoms with E-state index in [9.17, 15) is 4.79 Å². The first-order valence-electron chi connectivity index (χ1n) is 7.28. The first-order valence-corrected chi connectivity index (χ1v) is 7.28. The summed E-state index contributed by atoms with van der Waals surface area (Å²) in [5.41, 5.74) is 1.14. The minimum atomic E-state index is -0.107. The number of nitrogens with one attached hydrogen (secondary N) is 2. The topological polar surface area (TPSA) is 50.4 Å². The maximum atomic E-state index is 11.5. The second-order valence-corrected chi connectivity index (χ2v) is 5.25. The summed E-state index contributed by atoms with van der Waals surface area (Å²) in [6.07, 6.45) is 6.91. The zero-order valence-corrected chi connectivity index (χ0v) is 12.8. The number of hydrogen-bond donors (Lipinski definition) is 2. The van der Waals surface area contributed by atoms with Crippen LogP contribution in [0.2, 0.25) is 0 Å². The minimum absolute atomic E-state index is 0.107. The first kappa shape index (κ1) is 16.9. The van der Waals surface area contributed by atoms with Crippen LogP contribution in [0.25, 0.3) is 0 Å². The van der Waals surface area contributed by atoms with Gasteiger partial charge in [0.1, 0.15) is 12.4 Å². The number of terminal acetylenes is 1. The van der Waals surface area contributed by atoms with Gasteiger partial charge in [-0.25, -0.2) is 4.79 Å². The minimum Gasteiger partial charge on any atom is -0.481 e. The van der Waals surface area contributed by atoms with Crippen molar-refractivity contribution in [1.29, 1.82) is 0 Å². The second-order valence-electron chi connectivity index (χ2n) is 5.25. The third kappa shape index (κ3) is 7.88. The Morgan fingerprint density at radius 1 is 1.24 bits per heavy atom. The van der Waals surface area contributed by atoms with Crippen LogP contribution >= 0.6 is 0 Å². The summed E-state index contributed by atoms with van der Waals surface area (Å²) >= 11 is 0. The maximum absolute atomic E-state index is 11.5. The van der Waals surface area contributed by atoms with Gasteiger partial charge in [0.15, 0.2) is 0 Å².